The predicted molar refractivity (Wildman–Crippen MR) is 67.1 cm³/mol. The number of anilines is 1. The molecule has 0 aliphatic rings. The maximum absolute atomic E-state index is 9.79. The lowest BCUT2D eigenvalue weighted by Gasteiger charge is -2.15. The van der Waals surface area contributed by atoms with Crippen molar-refractivity contribution in [3.63, 3.8) is 0 Å². The molecule has 0 heterocycles. The number of phenolic OH excluding ortho intramolecular Hbond substituents is 1. The van der Waals surface area contributed by atoms with E-state index in [4.69, 9.17) is 4.74 Å². The minimum absolute atomic E-state index is 0.379. The molecule has 1 unspecified atom stereocenters. The minimum atomic E-state index is 0.379. The van der Waals surface area contributed by atoms with Crippen molar-refractivity contribution in [3.8, 4) is 5.75 Å². The molecule has 1 aromatic carbocycles. The summed E-state index contributed by atoms with van der Waals surface area (Å²) in [6.07, 6.45) is 0. The van der Waals surface area contributed by atoms with Crippen LogP contribution in [0.1, 0.15) is 18.1 Å². The molecule has 0 fully saturated rings. The van der Waals surface area contributed by atoms with Crippen LogP contribution in [-0.4, -0.2) is 25.4 Å². The Morgan fingerprint density at radius 3 is 2.69 bits per heavy atom. The lowest BCUT2D eigenvalue weighted by Crippen LogP contribution is -2.16. The molecule has 0 saturated carbocycles. The van der Waals surface area contributed by atoms with E-state index in [-0.39, 0.29) is 0 Å². The van der Waals surface area contributed by atoms with Crippen molar-refractivity contribution >= 4 is 5.69 Å². The fourth-order valence-electron chi connectivity index (χ4n) is 1.65. The van der Waals surface area contributed by atoms with Gasteiger partial charge in [0.2, 0.25) is 0 Å². The van der Waals surface area contributed by atoms with E-state index in [9.17, 15) is 5.11 Å². The number of rotatable bonds is 5. The number of nitrogens with one attached hydrogen (secondary N) is 1. The van der Waals surface area contributed by atoms with E-state index in [0.29, 0.717) is 11.7 Å². The number of hydrogen-bond donors (Lipinski definition) is 2. The standard InChI is InChI=1S/C13H21NO2/c1-9(8-16-4)7-14-12-6-5-10(2)13(15)11(12)3/h5-6,9,14-15H,7-8H2,1-4H3. The summed E-state index contributed by atoms with van der Waals surface area (Å²) in [5, 5.41) is 13.1. The van der Waals surface area contributed by atoms with Gasteiger partial charge in [-0.1, -0.05) is 13.0 Å². The first kappa shape index (κ1) is 12.8. The normalized spacial score (nSPS) is 12.5. The lowest BCUT2D eigenvalue weighted by molar-refractivity contribution is 0.164. The van der Waals surface area contributed by atoms with Gasteiger partial charge >= 0.3 is 0 Å². The van der Waals surface area contributed by atoms with Crippen LogP contribution in [0.3, 0.4) is 0 Å². The third-order valence-electron chi connectivity index (χ3n) is 2.72. The topological polar surface area (TPSA) is 41.5 Å². The molecule has 0 aliphatic carbocycles. The summed E-state index contributed by atoms with van der Waals surface area (Å²) in [7, 11) is 1.71. The average Bonchev–Trinajstić information content (AvgIpc) is 2.25. The summed E-state index contributed by atoms with van der Waals surface area (Å²) in [6.45, 7) is 7.53. The molecular formula is C13H21NO2. The highest BCUT2D eigenvalue weighted by atomic mass is 16.5. The molecule has 3 heteroatoms. The van der Waals surface area contributed by atoms with E-state index < -0.39 is 0 Å². The molecule has 1 atom stereocenters. The van der Waals surface area contributed by atoms with Crippen LogP contribution < -0.4 is 5.32 Å². The Kier molecular flexibility index (Phi) is 4.62. The van der Waals surface area contributed by atoms with Crippen molar-refractivity contribution in [2.75, 3.05) is 25.6 Å². The summed E-state index contributed by atoms with van der Waals surface area (Å²) in [4.78, 5) is 0. The molecule has 1 aromatic rings. The van der Waals surface area contributed by atoms with Crippen molar-refractivity contribution in [2.24, 2.45) is 5.92 Å². The van der Waals surface area contributed by atoms with Gasteiger partial charge in [0, 0.05) is 24.9 Å². The van der Waals surface area contributed by atoms with Crippen LogP contribution in [-0.2, 0) is 4.74 Å². The second kappa shape index (κ2) is 5.75. The van der Waals surface area contributed by atoms with Gasteiger partial charge < -0.3 is 15.2 Å². The number of aromatic hydroxyl groups is 1. The Balaban J connectivity index is 2.64. The first-order valence-electron chi connectivity index (χ1n) is 5.58. The number of phenols is 1. The predicted octanol–water partition coefficient (Wildman–Crippen LogP) is 2.70. The average molecular weight is 223 g/mol. The first-order chi connectivity index (χ1) is 7.56. The quantitative estimate of drug-likeness (QED) is 0.806. The Hall–Kier alpha value is -1.22. The highest BCUT2D eigenvalue weighted by molar-refractivity contribution is 5.58. The van der Waals surface area contributed by atoms with E-state index >= 15 is 0 Å². The Labute approximate surface area is 97.4 Å². The SMILES string of the molecule is COCC(C)CNc1ccc(C)c(O)c1C. The molecule has 0 radical (unpaired) electrons. The summed E-state index contributed by atoms with van der Waals surface area (Å²) >= 11 is 0. The zero-order chi connectivity index (χ0) is 12.1. The van der Waals surface area contributed by atoms with Crippen molar-refractivity contribution in [3.05, 3.63) is 23.3 Å². The van der Waals surface area contributed by atoms with Gasteiger partial charge in [-0.15, -0.1) is 0 Å². The Morgan fingerprint density at radius 2 is 2.06 bits per heavy atom. The third-order valence-corrected chi connectivity index (χ3v) is 2.72. The van der Waals surface area contributed by atoms with Gasteiger partial charge in [0.05, 0.1) is 6.61 Å². The molecule has 16 heavy (non-hydrogen) atoms. The van der Waals surface area contributed by atoms with Crippen LogP contribution in [0, 0.1) is 19.8 Å². The summed E-state index contributed by atoms with van der Waals surface area (Å²) in [5.74, 6) is 0.831. The molecule has 0 saturated heterocycles. The number of aryl methyl sites for hydroxylation is 1. The van der Waals surface area contributed by atoms with E-state index in [1.165, 1.54) is 0 Å². The third kappa shape index (κ3) is 3.14. The molecular weight excluding hydrogens is 202 g/mol. The van der Waals surface area contributed by atoms with Crippen molar-refractivity contribution in [1.82, 2.24) is 0 Å². The fourth-order valence-corrected chi connectivity index (χ4v) is 1.65. The fraction of sp³-hybridized carbons (Fsp3) is 0.538. The molecule has 0 bridgehead atoms. The second-order valence-corrected chi connectivity index (χ2v) is 4.35. The van der Waals surface area contributed by atoms with Crippen molar-refractivity contribution in [1.29, 1.82) is 0 Å². The number of methoxy groups -OCH3 is 1. The maximum atomic E-state index is 9.79. The Bertz CT molecular complexity index is 350. The number of hydrogen-bond acceptors (Lipinski definition) is 3. The van der Waals surface area contributed by atoms with E-state index in [1.807, 2.05) is 26.0 Å². The maximum Gasteiger partial charge on any atom is 0.123 e. The van der Waals surface area contributed by atoms with Crippen LogP contribution in [0.4, 0.5) is 5.69 Å². The minimum Gasteiger partial charge on any atom is -0.507 e. The lowest BCUT2D eigenvalue weighted by atomic mass is 10.1. The smallest absolute Gasteiger partial charge is 0.123 e. The summed E-state index contributed by atoms with van der Waals surface area (Å²) in [5.41, 5.74) is 2.81. The molecule has 2 N–H and O–H groups in total. The zero-order valence-corrected chi connectivity index (χ0v) is 10.5. The molecule has 90 valence electrons. The molecule has 0 amide bonds. The van der Waals surface area contributed by atoms with Crippen LogP contribution >= 0.6 is 0 Å². The van der Waals surface area contributed by atoms with E-state index in [2.05, 4.69) is 12.2 Å². The Morgan fingerprint density at radius 1 is 1.38 bits per heavy atom. The highest BCUT2D eigenvalue weighted by Crippen LogP contribution is 2.27. The van der Waals surface area contributed by atoms with Crippen LogP contribution in [0.25, 0.3) is 0 Å². The summed E-state index contributed by atoms with van der Waals surface area (Å²) < 4.78 is 5.08. The van der Waals surface area contributed by atoms with Gasteiger partial charge in [0.25, 0.3) is 0 Å². The van der Waals surface area contributed by atoms with Crippen LogP contribution in [0.2, 0.25) is 0 Å². The molecule has 0 aromatic heterocycles. The molecule has 0 spiro atoms. The molecule has 3 nitrogen and oxygen atoms in total. The highest BCUT2D eigenvalue weighted by Gasteiger charge is 2.07. The molecule has 1 rings (SSSR count). The van der Waals surface area contributed by atoms with Gasteiger partial charge in [0.15, 0.2) is 0 Å². The molecule has 0 aliphatic heterocycles. The van der Waals surface area contributed by atoms with Crippen LogP contribution in [0.15, 0.2) is 12.1 Å². The van der Waals surface area contributed by atoms with Crippen LogP contribution in [0.5, 0.6) is 5.75 Å². The van der Waals surface area contributed by atoms with E-state index in [1.54, 1.807) is 7.11 Å². The largest absolute Gasteiger partial charge is 0.507 e. The van der Waals surface area contributed by atoms with Crippen molar-refractivity contribution in [2.45, 2.75) is 20.8 Å². The van der Waals surface area contributed by atoms with Gasteiger partial charge in [-0.3, -0.25) is 0 Å². The number of benzene rings is 1. The van der Waals surface area contributed by atoms with Gasteiger partial charge in [-0.05, 0) is 31.4 Å². The second-order valence-electron chi connectivity index (χ2n) is 4.35. The van der Waals surface area contributed by atoms with Gasteiger partial charge in [-0.2, -0.15) is 0 Å². The van der Waals surface area contributed by atoms with Gasteiger partial charge in [0.1, 0.15) is 5.75 Å². The number of ether oxygens (including phenoxy) is 1. The van der Waals surface area contributed by atoms with Crippen molar-refractivity contribution < 1.29 is 9.84 Å². The van der Waals surface area contributed by atoms with E-state index in [0.717, 1.165) is 30.0 Å². The summed E-state index contributed by atoms with van der Waals surface area (Å²) in [6, 6.07) is 3.93. The van der Waals surface area contributed by atoms with Gasteiger partial charge in [-0.25, -0.2) is 0 Å². The monoisotopic (exact) mass is 223 g/mol. The first-order valence-corrected chi connectivity index (χ1v) is 5.58. The zero-order valence-electron chi connectivity index (χ0n) is 10.5.